The van der Waals surface area contributed by atoms with Gasteiger partial charge in [-0.15, -0.1) is 0 Å². The fourth-order valence-electron chi connectivity index (χ4n) is 1.16. The Balaban J connectivity index is 3.24. The molecule has 1 atom stereocenters. The Hall–Kier alpha value is -1.24. The highest BCUT2D eigenvalue weighted by molar-refractivity contribution is 5.30. The van der Waals surface area contributed by atoms with Crippen molar-refractivity contribution in [3.8, 4) is 0 Å². The summed E-state index contributed by atoms with van der Waals surface area (Å²) in [5.74, 6) is -1.75. The van der Waals surface area contributed by atoms with E-state index in [1.165, 1.54) is 0 Å². The van der Waals surface area contributed by atoms with E-state index in [9.17, 15) is 26.3 Å². The van der Waals surface area contributed by atoms with Crippen molar-refractivity contribution < 1.29 is 26.3 Å². The van der Waals surface area contributed by atoms with Gasteiger partial charge in [-0.2, -0.15) is 13.2 Å². The fraction of sp³-hybridized carbons (Fsp3) is 0.333. The molecule has 0 aliphatic rings. The Morgan fingerprint density at radius 3 is 2.12 bits per heavy atom. The largest absolute Gasteiger partial charge is 0.419 e. The number of halogens is 6. The van der Waals surface area contributed by atoms with Crippen LogP contribution >= 0.6 is 0 Å². The van der Waals surface area contributed by atoms with Crippen LogP contribution in [0.5, 0.6) is 0 Å². The predicted molar refractivity (Wildman–Crippen MR) is 44.3 cm³/mol. The van der Waals surface area contributed by atoms with Gasteiger partial charge in [-0.05, 0) is 6.07 Å². The Kier molecular flexibility index (Phi) is 3.47. The lowest BCUT2D eigenvalue weighted by atomic mass is 10.0. The summed E-state index contributed by atoms with van der Waals surface area (Å²) in [4.78, 5) is 0. The monoisotopic (exact) mass is 243 g/mol. The molecule has 0 saturated carbocycles. The van der Waals surface area contributed by atoms with Crippen LogP contribution in [0.15, 0.2) is 18.2 Å². The van der Waals surface area contributed by atoms with Crippen molar-refractivity contribution in [2.45, 2.75) is 18.6 Å². The van der Waals surface area contributed by atoms with Crippen molar-refractivity contribution in [1.29, 1.82) is 0 Å². The summed E-state index contributed by atoms with van der Waals surface area (Å²) in [5, 5.41) is 0. The zero-order chi connectivity index (χ0) is 12.5. The first-order chi connectivity index (χ1) is 7.25. The molecule has 7 heteroatoms. The summed E-state index contributed by atoms with van der Waals surface area (Å²) in [7, 11) is 0. The molecule has 0 fully saturated rings. The van der Waals surface area contributed by atoms with Crippen LogP contribution in [0, 0.1) is 5.82 Å². The van der Waals surface area contributed by atoms with Gasteiger partial charge in [0.05, 0.1) is 11.6 Å². The second kappa shape index (κ2) is 4.32. The molecule has 0 bridgehead atoms. The summed E-state index contributed by atoms with van der Waals surface area (Å²) in [6, 6.07) is 0.0457. The summed E-state index contributed by atoms with van der Waals surface area (Å²) in [6.07, 6.45) is -8.06. The SMILES string of the molecule is N[C@H](c1cccc(C(F)(F)F)c1F)C(F)F. The average molecular weight is 243 g/mol. The molecule has 0 aromatic heterocycles. The summed E-state index contributed by atoms with van der Waals surface area (Å²) in [5.41, 5.74) is 2.45. The number of nitrogens with two attached hydrogens (primary N) is 1. The van der Waals surface area contributed by atoms with Gasteiger partial charge in [0.1, 0.15) is 5.82 Å². The lowest BCUT2D eigenvalue weighted by Gasteiger charge is -2.15. The minimum absolute atomic E-state index is 0.469. The van der Waals surface area contributed by atoms with E-state index >= 15 is 0 Å². The van der Waals surface area contributed by atoms with Crippen LogP contribution in [0.4, 0.5) is 26.3 Å². The minimum atomic E-state index is -4.93. The maximum atomic E-state index is 13.2. The zero-order valence-electron chi connectivity index (χ0n) is 7.73. The third-order valence-corrected chi connectivity index (χ3v) is 1.96. The summed E-state index contributed by atoms with van der Waals surface area (Å²) in [6.45, 7) is 0. The van der Waals surface area contributed by atoms with Gasteiger partial charge in [-0.3, -0.25) is 0 Å². The van der Waals surface area contributed by atoms with Crippen molar-refractivity contribution in [2.75, 3.05) is 0 Å². The van der Waals surface area contributed by atoms with E-state index in [1.54, 1.807) is 0 Å². The van der Waals surface area contributed by atoms with Gasteiger partial charge in [0.15, 0.2) is 0 Å². The van der Waals surface area contributed by atoms with E-state index in [0.717, 1.165) is 12.1 Å². The van der Waals surface area contributed by atoms with Crippen LogP contribution in [0.3, 0.4) is 0 Å². The molecule has 0 aliphatic heterocycles. The third kappa shape index (κ3) is 2.46. The molecule has 1 nitrogen and oxygen atoms in total. The molecule has 0 unspecified atom stereocenters. The van der Waals surface area contributed by atoms with E-state index in [4.69, 9.17) is 5.73 Å². The van der Waals surface area contributed by atoms with Crippen LogP contribution < -0.4 is 5.73 Å². The van der Waals surface area contributed by atoms with Gasteiger partial charge >= 0.3 is 6.18 Å². The molecule has 16 heavy (non-hydrogen) atoms. The molecule has 1 aromatic carbocycles. The third-order valence-electron chi connectivity index (χ3n) is 1.96. The molecular weight excluding hydrogens is 236 g/mol. The molecule has 1 aromatic rings. The number of alkyl halides is 5. The molecule has 0 aliphatic carbocycles. The first kappa shape index (κ1) is 12.8. The molecular formula is C9H7F6N. The van der Waals surface area contributed by atoms with Crippen molar-refractivity contribution in [3.63, 3.8) is 0 Å². The van der Waals surface area contributed by atoms with Crippen LogP contribution in [0.2, 0.25) is 0 Å². The van der Waals surface area contributed by atoms with Gasteiger partial charge in [-0.25, -0.2) is 13.2 Å². The predicted octanol–water partition coefficient (Wildman–Crippen LogP) is 3.11. The quantitative estimate of drug-likeness (QED) is 0.793. The number of hydrogen-bond acceptors (Lipinski definition) is 1. The highest BCUT2D eigenvalue weighted by Gasteiger charge is 2.36. The molecule has 90 valence electrons. The first-order valence-corrected chi connectivity index (χ1v) is 4.14. The Labute approximate surface area is 86.9 Å². The van der Waals surface area contributed by atoms with Crippen LogP contribution in [-0.2, 0) is 6.18 Å². The maximum Gasteiger partial charge on any atom is 0.419 e. The number of benzene rings is 1. The van der Waals surface area contributed by atoms with E-state index in [0.29, 0.717) is 6.07 Å². The number of hydrogen-bond donors (Lipinski definition) is 1. The standard InChI is InChI=1S/C9H7F6N/c10-6-4(7(16)8(11)12)2-1-3-5(6)9(13,14)15/h1-3,7-8H,16H2/t7-/m1/s1. The summed E-state index contributed by atoms with van der Waals surface area (Å²) >= 11 is 0. The highest BCUT2D eigenvalue weighted by atomic mass is 19.4. The van der Waals surface area contributed by atoms with Crippen molar-refractivity contribution in [1.82, 2.24) is 0 Å². The zero-order valence-corrected chi connectivity index (χ0v) is 7.73. The normalized spacial score (nSPS) is 14.2. The van der Waals surface area contributed by atoms with E-state index in [2.05, 4.69) is 0 Å². The molecule has 0 radical (unpaired) electrons. The van der Waals surface area contributed by atoms with Crippen LogP contribution in [0.1, 0.15) is 17.2 Å². The van der Waals surface area contributed by atoms with E-state index in [1.807, 2.05) is 0 Å². The smallest absolute Gasteiger partial charge is 0.319 e. The Morgan fingerprint density at radius 1 is 1.12 bits per heavy atom. The average Bonchev–Trinajstić information content (AvgIpc) is 2.15. The topological polar surface area (TPSA) is 26.0 Å². The van der Waals surface area contributed by atoms with Crippen LogP contribution in [0.25, 0.3) is 0 Å². The molecule has 0 saturated heterocycles. The molecule has 0 spiro atoms. The maximum absolute atomic E-state index is 13.2. The second-order valence-electron chi connectivity index (χ2n) is 3.07. The minimum Gasteiger partial charge on any atom is -0.319 e. The van der Waals surface area contributed by atoms with Crippen molar-refractivity contribution >= 4 is 0 Å². The molecule has 0 heterocycles. The van der Waals surface area contributed by atoms with E-state index in [-0.39, 0.29) is 0 Å². The second-order valence-corrected chi connectivity index (χ2v) is 3.07. The van der Waals surface area contributed by atoms with Gasteiger partial charge in [0.25, 0.3) is 6.43 Å². The van der Waals surface area contributed by atoms with Gasteiger partial charge in [0, 0.05) is 5.56 Å². The van der Waals surface area contributed by atoms with E-state index < -0.39 is 35.6 Å². The van der Waals surface area contributed by atoms with Gasteiger partial charge in [0.2, 0.25) is 0 Å². The molecule has 2 N–H and O–H groups in total. The molecule has 1 rings (SSSR count). The lowest BCUT2D eigenvalue weighted by Crippen LogP contribution is -2.22. The van der Waals surface area contributed by atoms with Gasteiger partial charge in [-0.1, -0.05) is 12.1 Å². The fourth-order valence-corrected chi connectivity index (χ4v) is 1.16. The lowest BCUT2D eigenvalue weighted by molar-refractivity contribution is -0.140. The van der Waals surface area contributed by atoms with Crippen molar-refractivity contribution in [3.05, 3.63) is 35.1 Å². The van der Waals surface area contributed by atoms with Gasteiger partial charge < -0.3 is 5.73 Å². The van der Waals surface area contributed by atoms with Crippen LogP contribution in [-0.4, -0.2) is 6.43 Å². The van der Waals surface area contributed by atoms with Crippen molar-refractivity contribution in [2.24, 2.45) is 5.73 Å². The number of rotatable bonds is 2. The summed E-state index contributed by atoms with van der Waals surface area (Å²) < 4.78 is 74.2. The highest BCUT2D eigenvalue weighted by Crippen LogP contribution is 2.34. The Bertz CT molecular complexity index is 373. The molecule has 0 amide bonds. The first-order valence-electron chi connectivity index (χ1n) is 4.14. The Morgan fingerprint density at radius 2 is 1.69 bits per heavy atom.